The lowest BCUT2D eigenvalue weighted by atomic mass is 10.1. The van der Waals surface area contributed by atoms with Gasteiger partial charge in [0, 0.05) is 29.1 Å². The Morgan fingerprint density at radius 2 is 1.89 bits per heavy atom. The number of nitrogens with two attached hydrogens (primary N) is 1. The first-order valence-electron chi connectivity index (χ1n) is 6.30. The van der Waals surface area contributed by atoms with Gasteiger partial charge in [-0.2, -0.15) is 0 Å². The van der Waals surface area contributed by atoms with E-state index in [0.717, 1.165) is 29.1 Å². The number of rotatable bonds is 3. The van der Waals surface area contributed by atoms with E-state index in [0.29, 0.717) is 0 Å². The molecule has 1 heterocycles. The first-order valence-corrected chi connectivity index (χ1v) is 6.30. The maximum atomic E-state index is 5.86. The summed E-state index contributed by atoms with van der Waals surface area (Å²) in [6, 6.07) is 8.35. The zero-order valence-electron chi connectivity index (χ0n) is 11.1. The molecule has 0 aliphatic heterocycles. The fraction of sp³-hybridized carbons (Fsp3) is 0.333. The monoisotopic (exact) mass is 241 g/mol. The molecule has 3 nitrogen and oxygen atoms in total. The molecule has 2 aromatic rings. The summed E-state index contributed by atoms with van der Waals surface area (Å²) in [7, 11) is 0. The van der Waals surface area contributed by atoms with Crippen LogP contribution in [-0.4, -0.2) is 9.97 Å². The van der Waals surface area contributed by atoms with E-state index in [2.05, 4.69) is 41.2 Å². The Morgan fingerprint density at radius 3 is 2.39 bits per heavy atom. The molecule has 2 rings (SSSR count). The topological polar surface area (TPSA) is 51.8 Å². The van der Waals surface area contributed by atoms with Crippen LogP contribution >= 0.6 is 0 Å². The molecule has 0 saturated heterocycles. The summed E-state index contributed by atoms with van der Waals surface area (Å²) in [5, 5.41) is 0. The quantitative estimate of drug-likeness (QED) is 0.898. The van der Waals surface area contributed by atoms with Crippen LogP contribution in [0.3, 0.4) is 0 Å². The van der Waals surface area contributed by atoms with E-state index in [1.807, 2.05) is 20.0 Å². The molecule has 0 radical (unpaired) electrons. The summed E-state index contributed by atoms with van der Waals surface area (Å²) in [6.07, 6.45) is 2.87. The first kappa shape index (κ1) is 12.7. The van der Waals surface area contributed by atoms with Crippen LogP contribution in [0.4, 0.5) is 0 Å². The maximum Gasteiger partial charge on any atom is 0.159 e. The molecule has 0 amide bonds. The molecule has 0 saturated carbocycles. The van der Waals surface area contributed by atoms with Crippen LogP contribution in [0.25, 0.3) is 11.4 Å². The predicted octanol–water partition coefficient (Wildman–Crippen LogP) is 3.03. The van der Waals surface area contributed by atoms with Gasteiger partial charge in [0.15, 0.2) is 5.82 Å². The third-order valence-corrected chi connectivity index (χ3v) is 3.13. The Balaban J connectivity index is 2.36. The number of benzene rings is 1. The Hall–Kier alpha value is -1.74. The number of aryl methyl sites for hydroxylation is 2. The van der Waals surface area contributed by atoms with Crippen molar-refractivity contribution in [2.45, 2.75) is 33.2 Å². The van der Waals surface area contributed by atoms with E-state index in [4.69, 9.17) is 5.73 Å². The average Bonchev–Trinajstić information content (AvgIpc) is 2.38. The van der Waals surface area contributed by atoms with Crippen molar-refractivity contribution in [3.05, 3.63) is 47.3 Å². The molecular formula is C15H19N3. The van der Waals surface area contributed by atoms with Gasteiger partial charge in [0.2, 0.25) is 0 Å². The van der Waals surface area contributed by atoms with Gasteiger partial charge >= 0.3 is 0 Å². The van der Waals surface area contributed by atoms with Gasteiger partial charge < -0.3 is 5.73 Å². The van der Waals surface area contributed by atoms with Gasteiger partial charge in [0.25, 0.3) is 0 Å². The lowest BCUT2D eigenvalue weighted by molar-refractivity contribution is 0.790. The van der Waals surface area contributed by atoms with Crippen LogP contribution in [0.15, 0.2) is 30.5 Å². The first-order chi connectivity index (χ1) is 8.61. The van der Waals surface area contributed by atoms with E-state index in [1.54, 1.807) is 0 Å². The maximum absolute atomic E-state index is 5.86. The van der Waals surface area contributed by atoms with Gasteiger partial charge in [-0.15, -0.1) is 0 Å². The van der Waals surface area contributed by atoms with Crippen molar-refractivity contribution in [3.8, 4) is 11.4 Å². The summed E-state index contributed by atoms with van der Waals surface area (Å²) in [6.45, 7) is 6.07. The molecule has 0 fully saturated rings. The van der Waals surface area contributed by atoms with Crippen molar-refractivity contribution in [2.75, 3.05) is 0 Å². The molecular weight excluding hydrogens is 222 g/mol. The molecule has 0 spiro atoms. The molecule has 1 aromatic heterocycles. The van der Waals surface area contributed by atoms with Gasteiger partial charge in [-0.05, 0) is 25.8 Å². The van der Waals surface area contributed by atoms with Gasteiger partial charge in [-0.1, -0.05) is 31.2 Å². The second-order valence-electron chi connectivity index (χ2n) is 4.57. The largest absolute Gasteiger partial charge is 0.324 e. The zero-order chi connectivity index (χ0) is 13.1. The van der Waals surface area contributed by atoms with E-state index in [9.17, 15) is 0 Å². The highest BCUT2D eigenvalue weighted by molar-refractivity contribution is 5.55. The van der Waals surface area contributed by atoms with E-state index < -0.39 is 0 Å². The Bertz CT molecular complexity index is 530. The summed E-state index contributed by atoms with van der Waals surface area (Å²) in [5.41, 5.74) is 10.2. The lowest BCUT2D eigenvalue weighted by Gasteiger charge is -2.10. The van der Waals surface area contributed by atoms with Crippen LogP contribution < -0.4 is 5.73 Å². The van der Waals surface area contributed by atoms with Crippen molar-refractivity contribution in [1.29, 1.82) is 0 Å². The minimum absolute atomic E-state index is 0.0264. The highest BCUT2D eigenvalue weighted by atomic mass is 14.9. The molecule has 0 bridgehead atoms. The lowest BCUT2D eigenvalue weighted by Crippen LogP contribution is -2.09. The van der Waals surface area contributed by atoms with Crippen molar-refractivity contribution < 1.29 is 0 Å². The standard InChI is InChI=1S/C15H19N3/c1-4-12-5-7-13(8-6-12)15-17-9-14(10(2)16)11(3)18-15/h5-10H,4,16H2,1-3H3/t10-/m1/s1. The number of hydrogen-bond donors (Lipinski definition) is 1. The zero-order valence-corrected chi connectivity index (χ0v) is 11.1. The summed E-state index contributed by atoms with van der Waals surface area (Å²) in [5.74, 6) is 0.763. The molecule has 3 heteroatoms. The Morgan fingerprint density at radius 1 is 1.22 bits per heavy atom. The molecule has 0 aliphatic carbocycles. The third kappa shape index (κ3) is 2.57. The normalized spacial score (nSPS) is 12.4. The van der Waals surface area contributed by atoms with Crippen molar-refractivity contribution in [2.24, 2.45) is 5.73 Å². The Labute approximate surface area is 108 Å². The van der Waals surface area contributed by atoms with Gasteiger partial charge in [-0.3, -0.25) is 0 Å². The molecule has 18 heavy (non-hydrogen) atoms. The second-order valence-corrected chi connectivity index (χ2v) is 4.57. The van der Waals surface area contributed by atoms with Crippen LogP contribution in [0, 0.1) is 6.92 Å². The van der Waals surface area contributed by atoms with Crippen LogP contribution in [0.5, 0.6) is 0 Å². The molecule has 0 unspecified atom stereocenters. The molecule has 94 valence electrons. The number of hydrogen-bond acceptors (Lipinski definition) is 3. The van der Waals surface area contributed by atoms with Crippen molar-refractivity contribution >= 4 is 0 Å². The molecule has 1 atom stereocenters. The second kappa shape index (κ2) is 5.27. The minimum Gasteiger partial charge on any atom is -0.324 e. The molecule has 0 aliphatic rings. The van der Waals surface area contributed by atoms with Crippen molar-refractivity contribution in [1.82, 2.24) is 9.97 Å². The smallest absolute Gasteiger partial charge is 0.159 e. The third-order valence-electron chi connectivity index (χ3n) is 3.13. The van der Waals surface area contributed by atoms with Gasteiger partial charge in [-0.25, -0.2) is 9.97 Å². The summed E-state index contributed by atoms with van der Waals surface area (Å²) in [4.78, 5) is 8.92. The van der Waals surface area contributed by atoms with Crippen LogP contribution in [0.2, 0.25) is 0 Å². The van der Waals surface area contributed by atoms with Crippen LogP contribution in [0.1, 0.15) is 36.7 Å². The molecule has 2 N–H and O–H groups in total. The predicted molar refractivity (Wildman–Crippen MR) is 74.2 cm³/mol. The van der Waals surface area contributed by atoms with E-state index in [-0.39, 0.29) is 6.04 Å². The van der Waals surface area contributed by atoms with Crippen LogP contribution in [-0.2, 0) is 6.42 Å². The summed E-state index contributed by atoms with van der Waals surface area (Å²) >= 11 is 0. The Kier molecular flexibility index (Phi) is 3.72. The SMILES string of the molecule is CCc1ccc(-c2ncc([C@@H](C)N)c(C)n2)cc1. The molecule has 1 aromatic carbocycles. The fourth-order valence-electron chi connectivity index (χ4n) is 1.95. The van der Waals surface area contributed by atoms with Gasteiger partial charge in [0.05, 0.1) is 0 Å². The van der Waals surface area contributed by atoms with E-state index in [1.165, 1.54) is 5.56 Å². The minimum atomic E-state index is -0.0264. The average molecular weight is 241 g/mol. The summed E-state index contributed by atoms with van der Waals surface area (Å²) < 4.78 is 0. The highest BCUT2D eigenvalue weighted by Crippen LogP contribution is 2.19. The number of nitrogens with zero attached hydrogens (tertiary/aromatic N) is 2. The highest BCUT2D eigenvalue weighted by Gasteiger charge is 2.08. The van der Waals surface area contributed by atoms with E-state index >= 15 is 0 Å². The number of aromatic nitrogens is 2. The van der Waals surface area contributed by atoms with Gasteiger partial charge in [0.1, 0.15) is 0 Å². The van der Waals surface area contributed by atoms with Crippen molar-refractivity contribution in [3.63, 3.8) is 0 Å². The fourth-order valence-corrected chi connectivity index (χ4v) is 1.95.